The second-order valence-corrected chi connectivity index (χ2v) is 6.34. The van der Waals surface area contributed by atoms with Gasteiger partial charge in [0.1, 0.15) is 5.82 Å². The number of likely N-dealkylation sites (tertiary alicyclic amines) is 1. The molecule has 9 heteroatoms. The average Bonchev–Trinajstić information content (AvgIpc) is 3.38. The van der Waals surface area contributed by atoms with Crippen LogP contribution in [-0.2, 0) is 0 Å². The topological polar surface area (TPSA) is 96.9 Å². The molecule has 138 valence electrons. The summed E-state index contributed by atoms with van der Waals surface area (Å²) in [7, 11) is 0. The molecule has 1 N–H and O–H groups in total. The Bertz CT molecular complexity index is 916. The van der Waals surface area contributed by atoms with Crippen LogP contribution in [0.3, 0.4) is 0 Å². The zero-order valence-electron chi connectivity index (χ0n) is 14.4. The third-order valence-corrected chi connectivity index (χ3v) is 4.43. The first kappa shape index (κ1) is 17.1. The molecule has 0 saturated carbocycles. The van der Waals surface area contributed by atoms with Gasteiger partial charge in [-0.15, -0.1) is 10.2 Å². The lowest BCUT2D eigenvalue weighted by molar-refractivity contribution is 0.0777. The van der Waals surface area contributed by atoms with Gasteiger partial charge in [0, 0.05) is 30.6 Å². The fraction of sp³-hybridized carbons (Fsp3) is 0.278. The van der Waals surface area contributed by atoms with Crippen molar-refractivity contribution in [3.05, 3.63) is 54.1 Å². The van der Waals surface area contributed by atoms with Crippen molar-refractivity contribution in [1.29, 1.82) is 0 Å². The number of aromatic nitrogens is 5. The summed E-state index contributed by atoms with van der Waals surface area (Å²) in [6.07, 6.45) is 2.26. The highest BCUT2D eigenvalue weighted by atomic mass is 19.1. The molecule has 1 atom stereocenters. The van der Waals surface area contributed by atoms with Gasteiger partial charge >= 0.3 is 0 Å². The van der Waals surface area contributed by atoms with Crippen molar-refractivity contribution in [2.45, 2.75) is 6.42 Å². The van der Waals surface area contributed by atoms with E-state index >= 15 is 0 Å². The summed E-state index contributed by atoms with van der Waals surface area (Å²) in [4.78, 5) is 14.0. The first-order valence-corrected chi connectivity index (χ1v) is 8.56. The van der Waals surface area contributed by atoms with Gasteiger partial charge in [0.25, 0.3) is 5.91 Å². The number of nitrogens with one attached hydrogen (secondary N) is 1. The number of amides is 1. The molecular formula is C18H17FN6O2. The second kappa shape index (κ2) is 7.48. The van der Waals surface area contributed by atoms with E-state index in [1.807, 2.05) is 0 Å². The van der Waals surface area contributed by atoms with E-state index in [1.165, 1.54) is 18.3 Å². The first-order valence-electron chi connectivity index (χ1n) is 8.56. The molecular weight excluding hydrogens is 351 g/mol. The predicted molar refractivity (Wildman–Crippen MR) is 93.3 cm³/mol. The van der Waals surface area contributed by atoms with Crippen LogP contribution in [0.1, 0.15) is 16.9 Å². The van der Waals surface area contributed by atoms with Crippen LogP contribution >= 0.6 is 0 Å². The molecule has 0 aliphatic carbocycles. The van der Waals surface area contributed by atoms with Gasteiger partial charge in [-0.05, 0) is 24.6 Å². The van der Waals surface area contributed by atoms with Crippen molar-refractivity contribution >= 4 is 5.91 Å². The number of H-pyrrole nitrogens is 1. The summed E-state index contributed by atoms with van der Waals surface area (Å²) < 4.78 is 19.0. The highest BCUT2D eigenvalue weighted by Crippen LogP contribution is 2.21. The lowest BCUT2D eigenvalue weighted by Crippen LogP contribution is -2.29. The van der Waals surface area contributed by atoms with Gasteiger partial charge in [-0.1, -0.05) is 12.1 Å². The molecule has 0 bridgehead atoms. The predicted octanol–water partition coefficient (Wildman–Crippen LogP) is 1.94. The lowest BCUT2D eigenvalue weighted by atomic mass is 10.1. The summed E-state index contributed by atoms with van der Waals surface area (Å²) in [6, 6.07) is 9.64. The first-order chi connectivity index (χ1) is 13.2. The fourth-order valence-corrected chi connectivity index (χ4v) is 3.02. The second-order valence-electron chi connectivity index (χ2n) is 6.34. The Balaban J connectivity index is 1.31. The molecule has 1 amide bonds. The number of hydrogen-bond donors (Lipinski definition) is 1. The number of benzene rings is 1. The van der Waals surface area contributed by atoms with Crippen molar-refractivity contribution in [3.63, 3.8) is 0 Å². The molecule has 1 saturated heterocycles. The van der Waals surface area contributed by atoms with E-state index < -0.39 is 0 Å². The number of halogens is 1. The van der Waals surface area contributed by atoms with E-state index in [-0.39, 0.29) is 17.6 Å². The van der Waals surface area contributed by atoms with Crippen LogP contribution in [0.15, 0.2) is 42.6 Å². The molecule has 0 spiro atoms. The molecule has 1 aliphatic heterocycles. The van der Waals surface area contributed by atoms with E-state index in [0.29, 0.717) is 42.5 Å². The van der Waals surface area contributed by atoms with Crippen LogP contribution in [0.4, 0.5) is 4.39 Å². The molecule has 1 aromatic carbocycles. The Kier molecular flexibility index (Phi) is 4.73. The Labute approximate surface area is 154 Å². The summed E-state index contributed by atoms with van der Waals surface area (Å²) in [5, 5.41) is 18.1. The third kappa shape index (κ3) is 3.91. The summed E-state index contributed by atoms with van der Waals surface area (Å²) in [5.74, 6) is 0.160. The molecule has 1 fully saturated rings. The van der Waals surface area contributed by atoms with E-state index in [0.717, 1.165) is 6.42 Å². The number of carbonyl (C=O) groups excluding carboxylic acids is 1. The van der Waals surface area contributed by atoms with Gasteiger partial charge < -0.3 is 9.64 Å². The third-order valence-electron chi connectivity index (χ3n) is 4.43. The van der Waals surface area contributed by atoms with Crippen LogP contribution in [0.2, 0.25) is 0 Å². The molecule has 1 unspecified atom stereocenters. The van der Waals surface area contributed by atoms with Crippen LogP contribution < -0.4 is 4.74 Å². The molecule has 1 aliphatic rings. The number of ether oxygens (including phenoxy) is 1. The average molecular weight is 368 g/mol. The zero-order chi connectivity index (χ0) is 18.6. The van der Waals surface area contributed by atoms with E-state index in [9.17, 15) is 9.18 Å². The Hall–Kier alpha value is -3.36. The van der Waals surface area contributed by atoms with Gasteiger partial charge in [0.15, 0.2) is 5.69 Å². The molecule has 8 nitrogen and oxygen atoms in total. The van der Waals surface area contributed by atoms with Crippen LogP contribution in [0.5, 0.6) is 5.88 Å². The molecule has 4 rings (SSSR count). The Morgan fingerprint density at radius 2 is 2.22 bits per heavy atom. The van der Waals surface area contributed by atoms with Crippen molar-refractivity contribution in [3.8, 4) is 17.1 Å². The van der Waals surface area contributed by atoms with E-state index in [2.05, 4.69) is 25.6 Å². The van der Waals surface area contributed by atoms with Gasteiger partial charge in [-0.25, -0.2) is 4.39 Å². The van der Waals surface area contributed by atoms with Crippen LogP contribution in [0, 0.1) is 11.7 Å². The number of rotatable bonds is 5. The summed E-state index contributed by atoms with van der Waals surface area (Å²) in [6.45, 7) is 1.70. The smallest absolute Gasteiger partial charge is 0.276 e. The minimum atomic E-state index is -0.319. The maximum Gasteiger partial charge on any atom is 0.276 e. The summed E-state index contributed by atoms with van der Waals surface area (Å²) in [5.41, 5.74) is 1.55. The Morgan fingerprint density at radius 1 is 1.30 bits per heavy atom. The fourth-order valence-electron chi connectivity index (χ4n) is 3.02. The quantitative estimate of drug-likeness (QED) is 0.739. The summed E-state index contributed by atoms with van der Waals surface area (Å²) >= 11 is 0. The number of nitrogens with zero attached hydrogens (tertiary/aromatic N) is 5. The van der Waals surface area contributed by atoms with Gasteiger partial charge in [-0.3, -0.25) is 4.79 Å². The van der Waals surface area contributed by atoms with Gasteiger partial charge in [0.05, 0.1) is 18.5 Å². The maximum atomic E-state index is 13.3. The molecule has 3 aromatic rings. The highest BCUT2D eigenvalue weighted by Gasteiger charge is 2.28. The molecule has 2 aromatic heterocycles. The SMILES string of the molecule is O=C(c1cn[nH]n1)N1CCC(COc2ccc(-c3cccc(F)c3)nn2)C1. The Morgan fingerprint density at radius 3 is 2.96 bits per heavy atom. The minimum absolute atomic E-state index is 0.134. The van der Waals surface area contributed by atoms with Crippen molar-refractivity contribution in [2.24, 2.45) is 5.92 Å². The minimum Gasteiger partial charge on any atom is -0.476 e. The molecule has 3 heterocycles. The highest BCUT2D eigenvalue weighted by molar-refractivity contribution is 5.92. The number of aromatic amines is 1. The van der Waals surface area contributed by atoms with Crippen molar-refractivity contribution in [2.75, 3.05) is 19.7 Å². The maximum absolute atomic E-state index is 13.3. The van der Waals surface area contributed by atoms with Crippen molar-refractivity contribution < 1.29 is 13.9 Å². The number of hydrogen-bond acceptors (Lipinski definition) is 6. The number of carbonyl (C=O) groups is 1. The lowest BCUT2D eigenvalue weighted by Gasteiger charge is -2.15. The normalized spacial score (nSPS) is 16.5. The van der Waals surface area contributed by atoms with E-state index in [4.69, 9.17) is 4.74 Å². The standard InChI is InChI=1S/C18H17FN6O2/c19-14-3-1-2-13(8-14)15-4-5-17(23-21-15)27-11-12-6-7-25(10-12)18(26)16-9-20-24-22-16/h1-5,8-9,12H,6-7,10-11H2,(H,20,22,24). The van der Waals surface area contributed by atoms with Crippen molar-refractivity contribution in [1.82, 2.24) is 30.5 Å². The van der Waals surface area contributed by atoms with Crippen LogP contribution in [0.25, 0.3) is 11.3 Å². The van der Waals surface area contributed by atoms with Crippen LogP contribution in [-0.4, -0.2) is 56.1 Å². The monoisotopic (exact) mass is 368 g/mol. The van der Waals surface area contributed by atoms with E-state index in [1.54, 1.807) is 29.2 Å². The molecule has 0 radical (unpaired) electrons. The largest absolute Gasteiger partial charge is 0.476 e. The zero-order valence-corrected chi connectivity index (χ0v) is 14.4. The molecule has 27 heavy (non-hydrogen) atoms. The van der Waals surface area contributed by atoms with Gasteiger partial charge in [-0.2, -0.15) is 15.4 Å². The van der Waals surface area contributed by atoms with Gasteiger partial charge in [0.2, 0.25) is 5.88 Å².